The summed E-state index contributed by atoms with van der Waals surface area (Å²) in [5, 5.41) is 7.17. The first-order valence-electron chi connectivity index (χ1n) is 7.22. The molecule has 0 atom stereocenters. The van der Waals surface area contributed by atoms with E-state index in [0.717, 1.165) is 36.1 Å². The maximum absolute atomic E-state index is 12.4. The molecule has 5 heteroatoms. The molecule has 1 aromatic carbocycles. The van der Waals surface area contributed by atoms with E-state index >= 15 is 0 Å². The third kappa shape index (κ3) is 2.77. The first kappa shape index (κ1) is 13.7. The van der Waals surface area contributed by atoms with Crippen LogP contribution in [-0.2, 0) is 23.7 Å². The fraction of sp³-hybridized carbons (Fsp3) is 0.375. The number of nitrogens with zero attached hydrogens (tertiary/aromatic N) is 2. The zero-order chi connectivity index (χ0) is 14.9. The number of carbonyl (C=O) groups excluding carboxylic acids is 1. The largest absolute Gasteiger partial charge is 0.399 e. The van der Waals surface area contributed by atoms with Crippen LogP contribution in [0.4, 0.5) is 5.69 Å². The third-order valence-electron chi connectivity index (χ3n) is 4.11. The average molecular weight is 284 g/mol. The highest BCUT2D eigenvalue weighted by Gasteiger charge is 2.50. The van der Waals surface area contributed by atoms with E-state index in [-0.39, 0.29) is 11.3 Å². The Kier molecular flexibility index (Phi) is 3.41. The van der Waals surface area contributed by atoms with Gasteiger partial charge in [0.2, 0.25) is 5.91 Å². The summed E-state index contributed by atoms with van der Waals surface area (Å²) in [5.74, 6) is 0.121. The summed E-state index contributed by atoms with van der Waals surface area (Å²) in [6.07, 6.45) is 6.43. The molecule has 1 fully saturated rings. The second-order valence-corrected chi connectivity index (χ2v) is 5.73. The highest BCUT2D eigenvalue weighted by Crippen LogP contribution is 2.48. The van der Waals surface area contributed by atoms with E-state index in [1.54, 1.807) is 4.68 Å². The van der Waals surface area contributed by atoms with Crippen LogP contribution in [0, 0.1) is 0 Å². The topological polar surface area (TPSA) is 72.9 Å². The zero-order valence-corrected chi connectivity index (χ0v) is 12.2. The molecule has 2 aromatic rings. The number of carbonyl (C=O) groups is 1. The van der Waals surface area contributed by atoms with E-state index in [0.29, 0.717) is 6.54 Å². The van der Waals surface area contributed by atoms with Gasteiger partial charge in [-0.1, -0.05) is 12.1 Å². The van der Waals surface area contributed by atoms with E-state index < -0.39 is 0 Å². The molecule has 1 aliphatic rings. The maximum Gasteiger partial charge on any atom is 0.230 e. The lowest BCUT2D eigenvalue weighted by atomic mass is 9.94. The van der Waals surface area contributed by atoms with E-state index in [1.165, 1.54) is 0 Å². The number of rotatable bonds is 5. The van der Waals surface area contributed by atoms with Gasteiger partial charge in [-0.15, -0.1) is 0 Å². The predicted molar refractivity (Wildman–Crippen MR) is 81.7 cm³/mol. The van der Waals surface area contributed by atoms with Crippen molar-refractivity contribution in [1.82, 2.24) is 15.1 Å². The van der Waals surface area contributed by atoms with Crippen molar-refractivity contribution in [3.8, 4) is 0 Å². The first-order valence-corrected chi connectivity index (χ1v) is 7.22. The maximum atomic E-state index is 12.4. The molecule has 0 spiro atoms. The van der Waals surface area contributed by atoms with Crippen LogP contribution in [0.5, 0.6) is 0 Å². The fourth-order valence-corrected chi connectivity index (χ4v) is 2.66. The number of aryl methyl sites for hydroxylation is 1. The van der Waals surface area contributed by atoms with E-state index in [9.17, 15) is 4.79 Å². The number of aromatic nitrogens is 2. The van der Waals surface area contributed by atoms with Gasteiger partial charge in [-0.05, 0) is 42.5 Å². The summed E-state index contributed by atoms with van der Waals surface area (Å²) in [6, 6.07) is 7.64. The molecule has 0 aliphatic heterocycles. The highest BCUT2D eigenvalue weighted by atomic mass is 16.2. The number of nitrogens with one attached hydrogen (secondary N) is 1. The lowest BCUT2D eigenvalue weighted by molar-refractivity contribution is -0.123. The minimum Gasteiger partial charge on any atom is -0.399 e. The molecule has 1 saturated carbocycles. The van der Waals surface area contributed by atoms with Crippen molar-refractivity contribution in [2.24, 2.45) is 7.05 Å². The molecule has 1 amide bonds. The lowest BCUT2D eigenvalue weighted by Gasteiger charge is -2.15. The number of nitrogen functional groups attached to an aromatic ring is 1. The molecule has 1 heterocycles. The number of hydrogen-bond donors (Lipinski definition) is 2. The van der Waals surface area contributed by atoms with Gasteiger partial charge in [0.1, 0.15) is 0 Å². The first-order chi connectivity index (χ1) is 10.1. The van der Waals surface area contributed by atoms with Crippen LogP contribution in [0.3, 0.4) is 0 Å². The summed E-state index contributed by atoms with van der Waals surface area (Å²) in [5.41, 5.74) is 8.30. The lowest BCUT2D eigenvalue weighted by Crippen LogP contribution is -2.35. The van der Waals surface area contributed by atoms with E-state index in [2.05, 4.69) is 10.4 Å². The number of amides is 1. The number of benzene rings is 1. The normalized spacial score (nSPS) is 15.7. The second-order valence-electron chi connectivity index (χ2n) is 5.73. The van der Waals surface area contributed by atoms with Crippen molar-refractivity contribution in [3.63, 3.8) is 0 Å². The molecule has 5 nitrogen and oxygen atoms in total. The third-order valence-corrected chi connectivity index (χ3v) is 4.11. The molecule has 3 N–H and O–H groups in total. The van der Waals surface area contributed by atoms with E-state index in [1.807, 2.05) is 43.7 Å². The smallest absolute Gasteiger partial charge is 0.230 e. The summed E-state index contributed by atoms with van der Waals surface area (Å²) in [6.45, 7) is 0.640. The van der Waals surface area contributed by atoms with Gasteiger partial charge >= 0.3 is 0 Å². The van der Waals surface area contributed by atoms with Gasteiger partial charge in [0.25, 0.3) is 0 Å². The molecule has 110 valence electrons. The summed E-state index contributed by atoms with van der Waals surface area (Å²) >= 11 is 0. The highest BCUT2D eigenvalue weighted by molar-refractivity contribution is 5.91. The summed E-state index contributed by atoms with van der Waals surface area (Å²) in [7, 11) is 1.89. The molecule has 1 aromatic heterocycles. The standard InChI is InChI=1S/C16H20N4O/c1-20-11-12(10-19-20)6-9-18-15(21)16(7-8-16)13-2-4-14(17)5-3-13/h2-5,10-11H,6-9,17H2,1H3,(H,18,21). The van der Waals surface area contributed by atoms with Crippen molar-refractivity contribution < 1.29 is 4.79 Å². The van der Waals surface area contributed by atoms with Crippen LogP contribution in [0.25, 0.3) is 0 Å². The monoisotopic (exact) mass is 284 g/mol. The zero-order valence-electron chi connectivity index (χ0n) is 12.2. The average Bonchev–Trinajstić information content (AvgIpc) is 3.18. The van der Waals surface area contributed by atoms with Gasteiger partial charge in [0.15, 0.2) is 0 Å². The van der Waals surface area contributed by atoms with Crippen molar-refractivity contribution >= 4 is 11.6 Å². The molecule has 3 rings (SSSR count). The van der Waals surface area contributed by atoms with Crippen LogP contribution in [0.2, 0.25) is 0 Å². The molecule has 0 saturated heterocycles. The Morgan fingerprint density at radius 2 is 2.10 bits per heavy atom. The Morgan fingerprint density at radius 1 is 1.38 bits per heavy atom. The quantitative estimate of drug-likeness (QED) is 0.815. The van der Waals surface area contributed by atoms with Crippen LogP contribution in [0.15, 0.2) is 36.7 Å². The van der Waals surface area contributed by atoms with Crippen molar-refractivity contribution in [3.05, 3.63) is 47.8 Å². The Hall–Kier alpha value is -2.30. The molecular formula is C16H20N4O. The van der Waals surface area contributed by atoms with Gasteiger partial charge < -0.3 is 11.1 Å². The number of hydrogen-bond acceptors (Lipinski definition) is 3. The Bertz CT molecular complexity index is 641. The molecule has 0 radical (unpaired) electrons. The van der Waals surface area contributed by atoms with Crippen molar-refractivity contribution in [2.45, 2.75) is 24.7 Å². The van der Waals surface area contributed by atoms with Crippen molar-refractivity contribution in [2.75, 3.05) is 12.3 Å². The molecular weight excluding hydrogens is 264 g/mol. The minimum atomic E-state index is -0.331. The predicted octanol–water partition coefficient (Wildman–Crippen LogP) is 1.39. The SMILES string of the molecule is Cn1cc(CCNC(=O)C2(c3ccc(N)cc3)CC2)cn1. The molecule has 21 heavy (non-hydrogen) atoms. The van der Waals surface area contributed by atoms with Crippen LogP contribution in [-0.4, -0.2) is 22.2 Å². The molecule has 0 unspecified atom stereocenters. The summed E-state index contributed by atoms with van der Waals surface area (Å²) in [4.78, 5) is 12.4. The Morgan fingerprint density at radius 3 is 2.67 bits per heavy atom. The van der Waals surface area contributed by atoms with Gasteiger partial charge in [0, 0.05) is 25.5 Å². The Balaban J connectivity index is 1.59. The fourth-order valence-electron chi connectivity index (χ4n) is 2.66. The van der Waals surface area contributed by atoms with Gasteiger partial charge in [-0.3, -0.25) is 9.48 Å². The Labute approximate surface area is 124 Å². The van der Waals surface area contributed by atoms with Gasteiger partial charge in [-0.25, -0.2) is 0 Å². The van der Waals surface area contributed by atoms with Crippen molar-refractivity contribution in [1.29, 1.82) is 0 Å². The summed E-state index contributed by atoms with van der Waals surface area (Å²) < 4.78 is 1.77. The van der Waals surface area contributed by atoms with Gasteiger partial charge in [-0.2, -0.15) is 5.10 Å². The van der Waals surface area contributed by atoms with Crippen LogP contribution < -0.4 is 11.1 Å². The van der Waals surface area contributed by atoms with E-state index in [4.69, 9.17) is 5.73 Å². The number of nitrogens with two attached hydrogens (primary N) is 1. The minimum absolute atomic E-state index is 0.121. The molecule has 0 bridgehead atoms. The van der Waals surface area contributed by atoms with Gasteiger partial charge in [0.05, 0.1) is 11.6 Å². The number of anilines is 1. The molecule has 1 aliphatic carbocycles. The van der Waals surface area contributed by atoms with Crippen LogP contribution in [0.1, 0.15) is 24.0 Å². The second kappa shape index (κ2) is 5.24. The van der Waals surface area contributed by atoms with Crippen LogP contribution >= 0.6 is 0 Å².